The summed E-state index contributed by atoms with van der Waals surface area (Å²) in [4.78, 5) is 0. The molecule has 0 aliphatic carbocycles. The van der Waals surface area contributed by atoms with Crippen molar-refractivity contribution in [3.05, 3.63) is 53.6 Å². The summed E-state index contributed by atoms with van der Waals surface area (Å²) < 4.78 is 0. The molecule has 0 unspecified atom stereocenters. The van der Waals surface area contributed by atoms with Crippen LogP contribution in [0.25, 0.3) is 0 Å². The van der Waals surface area contributed by atoms with Crippen molar-refractivity contribution in [2.75, 3.05) is 11.1 Å². The van der Waals surface area contributed by atoms with E-state index in [1.54, 1.807) is 12.1 Å². The zero-order chi connectivity index (χ0) is 13.7. The van der Waals surface area contributed by atoms with E-state index in [1.165, 1.54) is 0 Å². The number of hydrogen-bond donors (Lipinski definition) is 2. The molecule has 0 spiro atoms. The van der Waals surface area contributed by atoms with Gasteiger partial charge < -0.3 is 11.1 Å². The number of nitrogen functional groups attached to an aromatic ring is 1. The predicted octanol–water partition coefficient (Wildman–Crippen LogP) is 2.95. The van der Waals surface area contributed by atoms with E-state index in [0.29, 0.717) is 23.4 Å². The molecule has 2 aromatic rings. The third-order valence-electron chi connectivity index (χ3n) is 2.74. The van der Waals surface area contributed by atoms with Crippen molar-refractivity contribution in [1.29, 1.82) is 10.5 Å². The molecule has 0 aromatic heterocycles. The number of anilines is 3. The van der Waals surface area contributed by atoms with Crippen LogP contribution in [0.4, 0.5) is 17.1 Å². The summed E-state index contributed by atoms with van der Waals surface area (Å²) in [5.74, 6) is 0. The van der Waals surface area contributed by atoms with Crippen LogP contribution in [0.2, 0.25) is 0 Å². The lowest BCUT2D eigenvalue weighted by atomic mass is 10.1. The van der Waals surface area contributed by atoms with Crippen LogP contribution < -0.4 is 11.1 Å². The molecule has 2 rings (SSSR count). The highest BCUT2D eigenvalue weighted by Gasteiger charge is 2.04. The minimum absolute atomic E-state index is 0.395. The minimum atomic E-state index is 0.395. The van der Waals surface area contributed by atoms with E-state index in [1.807, 2.05) is 36.4 Å². The van der Waals surface area contributed by atoms with E-state index < -0.39 is 0 Å². The molecular weight excluding hydrogens is 236 g/mol. The number of nitrogens with zero attached hydrogens (tertiary/aromatic N) is 2. The molecule has 0 amide bonds. The highest BCUT2D eigenvalue weighted by atomic mass is 14.9. The molecule has 0 saturated heterocycles. The van der Waals surface area contributed by atoms with Gasteiger partial charge in [-0.1, -0.05) is 18.2 Å². The lowest BCUT2D eigenvalue weighted by Crippen LogP contribution is -1.98. The van der Waals surface area contributed by atoms with E-state index in [9.17, 15) is 0 Å². The molecule has 0 bridgehead atoms. The van der Waals surface area contributed by atoms with E-state index in [-0.39, 0.29) is 0 Å². The lowest BCUT2D eigenvalue weighted by molar-refractivity contribution is 1.26. The quantitative estimate of drug-likeness (QED) is 0.818. The molecule has 0 fully saturated rings. The van der Waals surface area contributed by atoms with Crippen LogP contribution in [0.5, 0.6) is 0 Å². The standard InChI is InChI=1S/C15H12N4/c16-9-8-11-4-6-13(7-5-11)19-14-3-1-2-12(10-17)15(14)18/h1-7,19H,8,18H2. The molecule has 2 aromatic carbocycles. The van der Waals surface area contributed by atoms with Crippen LogP contribution in [-0.4, -0.2) is 0 Å². The summed E-state index contributed by atoms with van der Waals surface area (Å²) >= 11 is 0. The van der Waals surface area contributed by atoms with Gasteiger partial charge in [0.15, 0.2) is 0 Å². The number of nitrogens with two attached hydrogens (primary N) is 1. The van der Waals surface area contributed by atoms with Crippen molar-refractivity contribution in [2.24, 2.45) is 0 Å². The number of para-hydroxylation sites is 1. The van der Waals surface area contributed by atoms with Crippen molar-refractivity contribution in [3.8, 4) is 12.1 Å². The molecule has 92 valence electrons. The van der Waals surface area contributed by atoms with Gasteiger partial charge in [-0.2, -0.15) is 10.5 Å². The van der Waals surface area contributed by atoms with Crippen LogP contribution in [-0.2, 0) is 6.42 Å². The summed E-state index contributed by atoms with van der Waals surface area (Å²) in [5.41, 5.74) is 9.31. The van der Waals surface area contributed by atoms with E-state index >= 15 is 0 Å². The van der Waals surface area contributed by atoms with Crippen molar-refractivity contribution >= 4 is 17.1 Å². The van der Waals surface area contributed by atoms with Crippen molar-refractivity contribution < 1.29 is 0 Å². The highest BCUT2D eigenvalue weighted by Crippen LogP contribution is 2.25. The Morgan fingerprint density at radius 1 is 1.05 bits per heavy atom. The Labute approximate surface area is 111 Å². The van der Waals surface area contributed by atoms with Crippen molar-refractivity contribution in [1.82, 2.24) is 0 Å². The molecule has 0 aliphatic rings. The Balaban J connectivity index is 2.22. The first-order valence-corrected chi connectivity index (χ1v) is 5.76. The van der Waals surface area contributed by atoms with Gasteiger partial charge in [0, 0.05) is 5.69 Å². The monoisotopic (exact) mass is 248 g/mol. The Hall–Kier alpha value is -2.98. The smallest absolute Gasteiger partial charge is 0.101 e. The van der Waals surface area contributed by atoms with Crippen LogP contribution in [0, 0.1) is 22.7 Å². The Morgan fingerprint density at radius 3 is 2.42 bits per heavy atom. The summed E-state index contributed by atoms with van der Waals surface area (Å²) in [5, 5.41) is 20.7. The van der Waals surface area contributed by atoms with Crippen molar-refractivity contribution in [3.63, 3.8) is 0 Å². The SMILES string of the molecule is N#CCc1ccc(Nc2cccc(C#N)c2N)cc1. The first-order chi connectivity index (χ1) is 9.24. The normalized spacial score (nSPS) is 9.37. The second kappa shape index (κ2) is 5.57. The lowest BCUT2D eigenvalue weighted by Gasteiger charge is -2.10. The fraction of sp³-hybridized carbons (Fsp3) is 0.0667. The molecular formula is C15H12N4. The summed E-state index contributed by atoms with van der Waals surface area (Å²) in [6, 6.07) is 17.0. The average Bonchev–Trinajstić information content (AvgIpc) is 2.43. The molecule has 4 nitrogen and oxygen atoms in total. The van der Waals surface area contributed by atoms with Gasteiger partial charge >= 0.3 is 0 Å². The van der Waals surface area contributed by atoms with Gasteiger partial charge in [0.25, 0.3) is 0 Å². The summed E-state index contributed by atoms with van der Waals surface area (Å²) in [6.07, 6.45) is 0.395. The van der Waals surface area contributed by atoms with Crippen LogP contribution in [0.15, 0.2) is 42.5 Å². The van der Waals surface area contributed by atoms with E-state index in [4.69, 9.17) is 16.3 Å². The first-order valence-electron chi connectivity index (χ1n) is 5.76. The largest absolute Gasteiger partial charge is 0.396 e. The van der Waals surface area contributed by atoms with Gasteiger partial charge in [0.05, 0.1) is 29.4 Å². The topological polar surface area (TPSA) is 85.6 Å². The van der Waals surface area contributed by atoms with Gasteiger partial charge in [0.2, 0.25) is 0 Å². The summed E-state index contributed by atoms with van der Waals surface area (Å²) in [7, 11) is 0. The molecule has 0 saturated carbocycles. The Kier molecular flexibility index (Phi) is 3.66. The third-order valence-corrected chi connectivity index (χ3v) is 2.74. The molecule has 4 heteroatoms. The fourth-order valence-corrected chi connectivity index (χ4v) is 1.72. The number of nitrogens with one attached hydrogen (secondary N) is 1. The number of rotatable bonds is 3. The average molecular weight is 248 g/mol. The van der Waals surface area contributed by atoms with Crippen molar-refractivity contribution in [2.45, 2.75) is 6.42 Å². The maximum atomic E-state index is 8.92. The molecule has 0 aliphatic heterocycles. The van der Waals surface area contributed by atoms with Gasteiger partial charge in [-0.05, 0) is 29.8 Å². The molecule has 0 atom stereocenters. The van der Waals surface area contributed by atoms with Crippen LogP contribution in [0.1, 0.15) is 11.1 Å². The van der Waals surface area contributed by atoms with Gasteiger partial charge in [-0.15, -0.1) is 0 Å². The Morgan fingerprint density at radius 2 is 1.79 bits per heavy atom. The number of nitriles is 2. The third kappa shape index (κ3) is 2.83. The van der Waals surface area contributed by atoms with Gasteiger partial charge in [-0.3, -0.25) is 0 Å². The van der Waals surface area contributed by atoms with E-state index in [2.05, 4.69) is 11.4 Å². The molecule has 19 heavy (non-hydrogen) atoms. The Bertz CT molecular complexity index is 660. The van der Waals surface area contributed by atoms with E-state index in [0.717, 1.165) is 11.3 Å². The van der Waals surface area contributed by atoms with Gasteiger partial charge in [-0.25, -0.2) is 0 Å². The molecule has 0 radical (unpaired) electrons. The first kappa shape index (κ1) is 12.5. The number of benzene rings is 2. The molecule has 3 N–H and O–H groups in total. The second-order valence-electron chi connectivity index (χ2n) is 4.04. The fourth-order valence-electron chi connectivity index (χ4n) is 1.72. The summed E-state index contributed by atoms with van der Waals surface area (Å²) in [6.45, 7) is 0. The van der Waals surface area contributed by atoms with Gasteiger partial charge in [0.1, 0.15) is 6.07 Å². The van der Waals surface area contributed by atoms with Crippen LogP contribution >= 0.6 is 0 Å². The molecule has 0 heterocycles. The minimum Gasteiger partial charge on any atom is -0.396 e. The zero-order valence-corrected chi connectivity index (χ0v) is 10.2. The number of hydrogen-bond acceptors (Lipinski definition) is 4. The predicted molar refractivity (Wildman–Crippen MR) is 74.6 cm³/mol. The second-order valence-corrected chi connectivity index (χ2v) is 4.04. The highest BCUT2D eigenvalue weighted by molar-refractivity contribution is 5.77. The van der Waals surface area contributed by atoms with Crippen LogP contribution in [0.3, 0.4) is 0 Å². The zero-order valence-electron chi connectivity index (χ0n) is 10.2. The maximum absolute atomic E-state index is 8.92. The maximum Gasteiger partial charge on any atom is 0.101 e.